The van der Waals surface area contributed by atoms with E-state index in [0.29, 0.717) is 11.0 Å². The molecule has 3 heterocycles. The van der Waals surface area contributed by atoms with Crippen molar-refractivity contribution in [2.45, 2.75) is 0 Å². The standard InChI is InChI=1S/C22H11Cl2N3S/c23-18-11-19(26-22(24)25-18)27-16-7-3-1-5-12(16)14-9-10-15-13-6-2-4-8-17(13)28-21(15)20(14)27/h1-11H. The number of para-hydroxylation sites is 1. The number of benzene rings is 3. The maximum atomic E-state index is 6.21. The lowest BCUT2D eigenvalue weighted by Crippen LogP contribution is -1.99. The fourth-order valence-corrected chi connectivity index (χ4v) is 5.60. The summed E-state index contributed by atoms with van der Waals surface area (Å²) in [7, 11) is 0. The molecule has 0 aliphatic carbocycles. The minimum Gasteiger partial charge on any atom is -0.292 e. The second kappa shape index (κ2) is 5.92. The van der Waals surface area contributed by atoms with Crippen LogP contribution >= 0.6 is 34.5 Å². The van der Waals surface area contributed by atoms with Crippen LogP contribution in [0.5, 0.6) is 0 Å². The fourth-order valence-electron chi connectivity index (χ4n) is 3.96. The van der Waals surface area contributed by atoms with Gasteiger partial charge in [-0.25, -0.2) is 4.98 Å². The largest absolute Gasteiger partial charge is 0.292 e. The molecule has 0 amide bonds. The molecule has 0 saturated carbocycles. The minimum absolute atomic E-state index is 0.136. The number of rotatable bonds is 1. The second-order valence-electron chi connectivity index (χ2n) is 6.61. The molecule has 28 heavy (non-hydrogen) atoms. The SMILES string of the molecule is Clc1cc(-n2c3ccccc3c3ccc4c5ccccc5sc4c32)nc(Cl)n1. The van der Waals surface area contributed by atoms with E-state index in [1.54, 1.807) is 17.4 Å². The Hall–Kier alpha value is -2.66. The smallest absolute Gasteiger partial charge is 0.225 e. The molecule has 6 rings (SSSR count). The molecule has 0 saturated heterocycles. The van der Waals surface area contributed by atoms with E-state index < -0.39 is 0 Å². The highest BCUT2D eigenvalue weighted by Gasteiger charge is 2.18. The van der Waals surface area contributed by atoms with Gasteiger partial charge in [-0.2, -0.15) is 4.98 Å². The number of aromatic nitrogens is 3. The summed E-state index contributed by atoms with van der Waals surface area (Å²) in [6.07, 6.45) is 0. The van der Waals surface area contributed by atoms with Gasteiger partial charge in [-0.15, -0.1) is 11.3 Å². The molecule has 0 atom stereocenters. The fraction of sp³-hybridized carbons (Fsp3) is 0. The number of nitrogens with zero attached hydrogens (tertiary/aromatic N) is 3. The van der Waals surface area contributed by atoms with E-state index in [-0.39, 0.29) is 5.28 Å². The molecule has 0 N–H and O–H groups in total. The summed E-state index contributed by atoms with van der Waals surface area (Å²) in [5.41, 5.74) is 2.18. The van der Waals surface area contributed by atoms with E-state index in [0.717, 1.165) is 11.0 Å². The quantitative estimate of drug-likeness (QED) is 0.207. The number of thiophene rings is 1. The van der Waals surface area contributed by atoms with Crippen molar-refractivity contribution in [2.75, 3.05) is 0 Å². The summed E-state index contributed by atoms with van der Waals surface area (Å²) < 4.78 is 4.63. The van der Waals surface area contributed by atoms with Crippen LogP contribution in [-0.4, -0.2) is 14.5 Å². The lowest BCUT2D eigenvalue weighted by atomic mass is 10.1. The summed E-state index contributed by atoms with van der Waals surface area (Å²) in [5.74, 6) is 0.668. The van der Waals surface area contributed by atoms with Gasteiger partial charge < -0.3 is 0 Å². The van der Waals surface area contributed by atoms with Crippen LogP contribution in [0, 0.1) is 0 Å². The maximum Gasteiger partial charge on any atom is 0.225 e. The summed E-state index contributed by atoms with van der Waals surface area (Å²) in [6, 6.07) is 23.0. The molecule has 0 unspecified atom stereocenters. The predicted molar refractivity (Wildman–Crippen MR) is 119 cm³/mol. The second-order valence-corrected chi connectivity index (χ2v) is 8.38. The minimum atomic E-state index is 0.136. The average Bonchev–Trinajstić information content (AvgIpc) is 3.23. The van der Waals surface area contributed by atoms with Gasteiger partial charge in [0.1, 0.15) is 11.0 Å². The molecule has 3 aromatic heterocycles. The molecule has 0 fully saturated rings. The van der Waals surface area contributed by atoms with Crippen molar-refractivity contribution in [1.29, 1.82) is 0 Å². The summed E-state index contributed by atoms with van der Waals surface area (Å²) in [6.45, 7) is 0. The lowest BCUT2D eigenvalue weighted by molar-refractivity contribution is 1.04. The van der Waals surface area contributed by atoms with Gasteiger partial charge in [0, 0.05) is 32.3 Å². The third-order valence-corrected chi connectivity index (χ3v) is 6.62. The first-order valence-corrected chi connectivity index (χ1v) is 10.3. The van der Waals surface area contributed by atoms with Gasteiger partial charge in [0.05, 0.1) is 15.7 Å². The highest BCUT2D eigenvalue weighted by Crippen LogP contribution is 2.42. The van der Waals surface area contributed by atoms with Crippen LogP contribution in [0.3, 0.4) is 0 Å². The number of hydrogen-bond acceptors (Lipinski definition) is 3. The average molecular weight is 420 g/mol. The van der Waals surface area contributed by atoms with Crippen LogP contribution in [0.1, 0.15) is 0 Å². The van der Waals surface area contributed by atoms with Crippen molar-refractivity contribution in [1.82, 2.24) is 14.5 Å². The van der Waals surface area contributed by atoms with E-state index in [1.807, 2.05) is 6.07 Å². The molecular formula is C22H11Cl2N3S. The zero-order chi connectivity index (χ0) is 18.8. The van der Waals surface area contributed by atoms with E-state index >= 15 is 0 Å². The maximum absolute atomic E-state index is 6.21. The summed E-state index contributed by atoms with van der Waals surface area (Å²) >= 11 is 14.1. The van der Waals surface area contributed by atoms with Gasteiger partial charge in [0.2, 0.25) is 5.28 Å². The van der Waals surface area contributed by atoms with Crippen LogP contribution in [0.2, 0.25) is 10.4 Å². The monoisotopic (exact) mass is 419 g/mol. The van der Waals surface area contributed by atoms with Gasteiger partial charge in [-0.3, -0.25) is 4.57 Å². The molecule has 0 aliphatic rings. The molecule has 134 valence electrons. The van der Waals surface area contributed by atoms with Gasteiger partial charge >= 0.3 is 0 Å². The summed E-state index contributed by atoms with van der Waals surface area (Å²) in [4.78, 5) is 8.49. The van der Waals surface area contributed by atoms with E-state index in [9.17, 15) is 0 Å². The molecule has 0 radical (unpaired) electrons. The van der Waals surface area contributed by atoms with Gasteiger partial charge in [-0.05, 0) is 23.7 Å². The Bertz CT molecular complexity index is 1530. The summed E-state index contributed by atoms with van der Waals surface area (Å²) in [5, 5.41) is 5.31. The third-order valence-electron chi connectivity index (χ3n) is 5.06. The van der Waals surface area contributed by atoms with Gasteiger partial charge in [0.15, 0.2) is 0 Å². The van der Waals surface area contributed by atoms with Crippen molar-refractivity contribution in [3.63, 3.8) is 0 Å². The number of hydrogen-bond donors (Lipinski definition) is 0. The van der Waals surface area contributed by atoms with Crippen molar-refractivity contribution < 1.29 is 0 Å². The Balaban J connectivity index is 1.89. The Morgan fingerprint density at radius 2 is 1.50 bits per heavy atom. The Morgan fingerprint density at radius 1 is 0.750 bits per heavy atom. The van der Waals surface area contributed by atoms with Gasteiger partial charge in [0.25, 0.3) is 0 Å². The van der Waals surface area contributed by atoms with E-state index in [4.69, 9.17) is 23.2 Å². The van der Waals surface area contributed by atoms with Crippen molar-refractivity contribution in [2.24, 2.45) is 0 Å². The van der Waals surface area contributed by atoms with Crippen molar-refractivity contribution >= 4 is 76.5 Å². The predicted octanol–water partition coefficient (Wildman–Crippen LogP) is 7.25. The lowest BCUT2D eigenvalue weighted by Gasteiger charge is -2.08. The molecule has 3 nitrogen and oxygen atoms in total. The normalized spacial score (nSPS) is 11.9. The number of halogens is 2. The van der Waals surface area contributed by atoms with E-state index in [2.05, 4.69) is 69.1 Å². The number of fused-ring (bicyclic) bond motifs is 7. The van der Waals surface area contributed by atoms with Crippen LogP contribution in [0.15, 0.2) is 66.7 Å². The molecule has 0 aliphatic heterocycles. The molecule has 0 bridgehead atoms. The Labute approximate surface area is 173 Å². The Morgan fingerprint density at radius 3 is 2.36 bits per heavy atom. The highest BCUT2D eigenvalue weighted by atomic mass is 35.5. The molecule has 6 heteroatoms. The first-order chi connectivity index (χ1) is 13.7. The zero-order valence-corrected chi connectivity index (χ0v) is 16.7. The first kappa shape index (κ1) is 16.3. The highest BCUT2D eigenvalue weighted by molar-refractivity contribution is 7.26. The molecule has 6 aromatic rings. The zero-order valence-electron chi connectivity index (χ0n) is 14.4. The Kier molecular flexibility index (Phi) is 3.45. The van der Waals surface area contributed by atoms with Crippen LogP contribution in [0.25, 0.3) is 47.8 Å². The van der Waals surface area contributed by atoms with Crippen LogP contribution in [-0.2, 0) is 0 Å². The van der Waals surface area contributed by atoms with E-state index in [1.165, 1.54) is 30.9 Å². The molecule has 3 aromatic carbocycles. The van der Waals surface area contributed by atoms with Gasteiger partial charge in [-0.1, -0.05) is 60.1 Å². The van der Waals surface area contributed by atoms with Crippen LogP contribution in [0.4, 0.5) is 0 Å². The topological polar surface area (TPSA) is 30.7 Å². The van der Waals surface area contributed by atoms with Crippen molar-refractivity contribution in [3.8, 4) is 5.82 Å². The van der Waals surface area contributed by atoms with Crippen molar-refractivity contribution in [3.05, 3.63) is 77.2 Å². The first-order valence-electron chi connectivity index (χ1n) is 8.74. The molecule has 0 spiro atoms. The third kappa shape index (κ3) is 2.23. The van der Waals surface area contributed by atoms with Crippen LogP contribution < -0.4 is 0 Å². The molecular weight excluding hydrogens is 409 g/mol.